The minimum absolute atomic E-state index is 0.312. The lowest BCUT2D eigenvalue weighted by Crippen LogP contribution is -2.13. The summed E-state index contributed by atoms with van der Waals surface area (Å²) in [5.41, 5.74) is 0.823. The molecule has 29 heavy (non-hydrogen) atoms. The number of ether oxygens (including phenoxy) is 2. The Morgan fingerprint density at radius 1 is 0.828 bits per heavy atom. The SMILES string of the molecule is COC(=O)c1c(NC(=O)c2ccc(Oc3ccccc3)cc2)sc2ccccc12. The average molecular weight is 403 g/mol. The fourth-order valence-corrected chi connectivity index (χ4v) is 4.00. The normalized spacial score (nSPS) is 10.5. The third-order valence-corrected chi connectivity index (χ3v) is 5.39. The maximum Gasteiger partial charge on any atom is 0.341 e. The smallest absolute Gasteiger partial charge is 0.341 e. The van der Waals surface area contributed by atoms with Gasteiger partial charge in [-0.2, -0.15) is 0 Å². The average Bonchev–Trinajstić information content (AvgIpc) is 3.12. The maximum atomic E-state index is 12.7. The molecule has 0 aliphatic carbocycles. The summed E-state index contributed by atoms with van der Waals surface area (Å²) in [5.74, 6) is 0.555. The van der Waals surface area contributed by atoms with Crippen molar-refractivity contribution in [1.82, 2.24) is 0 Å². The zero-order valence-corrected chi connectivity index (χ0v) is 16.4. The molecule has 0 unspecified atom stereocenters. The highest BCUT2D eigenvalue weighted by molar-refractivity contribution is 7.23. The molecule has 5 nitrogen and oxygen atoms in total. The number of esters is 1. The van der Waals surface area contributed by atoms with Gasteiger partial charge in [-0.1, -0.05) is 36.4 Å². The maximum absolute atomic E-state index is 12.7. The van der Waals surface area contributed by atoms with Crippen molar-refractivity contribution in [3.05, 3.63) is 90.0 Å². The van der Waals surface area contributed by atoms with Gasteiger partial charge < -0.3 is 14.8 Å². The molecule has 0 bridgehead atoms. The molecule has 4 rings (SSSR count). The molecule has 6 heteroatoms. The molecule has 0 saturated heterocycles. The number of hydrogen-bond acceptors (Lipinski definition) is 5. The fraction of sp³-hybridized carbons (Fsp3) is 0.0435. The summed E-state index contributed by atoms with van der Waals surface area (Å²) < 4.78 is 11.5. The molecule has 0 atom stereocenters. The van der Waals surface area contributed by atoms with Gasteiger partial charge in [-0.25, -0.2) is 4.79 Å². The van der Waals surface area contributed by atoms with Crippen LogP contribution in [0.2, 0.25) is 0 Å². The number of carbonyl (C=O) groups is 2. The van der Waals surface area contributed by atoms with Gasteiger partial charge in [-0.15, -0.1) is 11.3 Å². The summed E-state index contributed by atoms with van der Waals surface area (Å²) >= 11 is 1.34. The summed E-state index contributed by atoms with van der Waals surface area (Å²) in [6.45, 7) is 0. The van der Waals surface area contributed by atoms with Crippen molar-refractivity contribution in [2.45, 2.75) is 0 Å². The van der Waals surface area contributed by atoms with Crippen LogP contribution >= 0.6 is 11.3 Å². The van der Waals surface area contributed by atoms with Crippen LogP contribution in [0.4, 0.5) is 5.00 Å². The lowest BCUT2D eigenvalue weighted by Gasteiger charge is -2.08. The molecule has 1 N–H and O–H groups in total. The highest BCUT2D eigenvalue weighted by Gasteiger charge is 2.21. The van der Waals surface area contributed by atoms with Crippen LogP contribution in [-0.2, 0) is 4.74 Å². The molecule has 0 spiro atoms. The van der Waals surface area contributed by atoms with E-state index in [2.05, 4.69) is 5.32 Å². The highest BCUT2D eigenvalue weighted by Crippen LogP contribution is 2.36. The van der Waals surface area contributed by atoms with E-state index in [-0.39, 0.29) is 5.91 Å². The van der Waals surface area contributed by atoms with Crippen LogP contribution in [0, 0.1) is 0 Å². The minimum atomic E-state index is -0.482. The van der Waals surface area contributed by atoms with Gasteiger partial charge >= 0.3 is 5.97 Å². The molecule has 0 saturated carbocycles. The van der Waals surface area contributed by atoms with Crippen LogP contribution in [0.15, 0.2) is 78.9 Å². The first-order chi connectivity index (χ1) is 14.2. The standard InChI is InChI=1S/C23H17NO4S/c1-27-23(26)20-18-9-5-6-10-19(18)29-22(20)24-21(25)15-11-13-17(14-12-15)28-16-7-3-2-4-8-16/h2-14H,1H3,(H,24,25). The highest BCUT2D eigenvalue weighted by atomic mass is 32.1. The molecule has 3 aromatic carbocycles. The van der Waals surface area contributed by atoms with Crippen LogP contribution in [0.1, 0.15) is 20.7 Å². The van der Waals surface area contributed by atoms with Gasteiger partial charge in [0.05, 0.1) is 7.11 Å². The first-order valence-corrected chi connectivity index (χ1v) is 9.71. The van der Waals surface area contributed by atoms with E-state index in [1.807, 2.05) is 54.6 Å². The molecule has 1 amide bonds. The second-order valence-electron chi connectivity index (χ2n) is 6.19. The summed E-state index contributed by atoms with van der Waals surface area (Å²) in [7, 11) is 1.33. The van der Waals surface area contributed by atoms with Crippen molar-refractivity contribution in [1.29, 1.82) is 0 Å². The van der Waals surface area contributed by atoms with E-state index in [1.54, 1.807) is 24.3 Å². The molecule has 0 aliphatic heterocycles. The lowest BCUT2D eigenvalue weighted by molar-refractivity contribution is 0.0604. The van der Waals surface area contributed by atoms with E-state index in [4.69, 9.17) is 9.47 Å². The summed E-state index contributed by atoms with van der Waals surface area (Å²) in [6, 6.07) is 23.7. The zero-order chi connectivity index (χ0) is 20.2. The van der Waals surface area contributed by atoms with Gasteiger partial charge in [-0.05, 0) is 42.5 Å². The number of methoxy groups -OCH3 is 1. The van der Waals surface area contributed by atoms with Crippen molar-refractivity contribution >= 4 is 38.3 Å². The predicted molar refractivity (Wildman–Crippen MR) is 114 cm³/mol. The van der Waals surface area contributed by atoms with Gasteiger partial charge in [0.15, 0.2) is 0 Å². The Bertz CT molecular complexity index is 1170. The molecule has 0 radical (unpaired) electrons. The van der Waals surface area contributed by atoms with Gasteiger partial charge in [0.2, 0.25) is 0 Å². The number of carbonyl (C=O) groups excluding carboxylic acids is 2. The largest absolute Gasteiger partial charge is 0.465 e. The Morgan fingerprint density at radius 3 is 2.21 bits per heavy atom. The number of amides is 1. The van der Waals surface area contributed by atoms with Crippen molar-refractivity contribution in [3.63, 3.8) is 0 Å². The van der Waals surface area contributed by atoms with Gasteiger partial charge in [0.1, 0.15) is 22.1 Å². The summed E-state index contributed by atoms with van der Waals surface area (Å²) in [4.78, 5) is 25.0. The predicted octanol–water partition coefficient (Wildman–Crippen LogP) is 5.73. The third kappa shape index (κ3) is 3.97. The Balaban J connectivity index is 1.56. The number of para-hydroxylation sites is 1. The van der Waals surface area contributed by atoms with Crippen molar-refractivity contribution in [3.8, 4) is 11.5 Å². The molecular weight excluding hydrogens is 386 g/mol. The number of rotatable bonds is 5. The van der Waals surface area contributed by atoms with E-state index in [1.165, 1.54) is 18.4 Å². The van der Waals surface area contributed by atoms with E-state index in [0.717, 1.165) is 15.8 Å². The number of benzene rings is 3. The van der Waals surface area contributed by atoms with E-state index >= 15 is 0 Å². The molecular formula is C23H17NO4S. The van der Waals surface area contributed by atoms with Crippen molar-refractivity contribution < 1.29 is 19.1 Å². The molecule has 0 fully saturated rings. The van der Waals surface area contributed by atoms with Gasteiger partial charge in [0.25, 0.3) is 5.91 Å². The zero-order valence-electron chi connectivity index (χ0n) is 15.5. The molecule has 4 aromatic rings. The number of thiophene rings is 1. The summed E-state index contributed by atoms with van der Waals surface area (Å²) in [6.07, 6.45) is 0. The minimum Gasteiger partial charge on any atom is -0.465 e. The Kier molecular flexibility index (Phi) is 5.27. The number of hydrogen-bond donors (Lipinski definition) is 1. The Labute approximate surface area is 171 Å². The van der Waals surface area contributed by atoms with Crippen molar-refractivity contribution in [2.24, 2.45) is 0 Å². The molecule has 144 valence electrons. The first-order valence-electron chi connectivity index (χ1n) is 8.90. The topological polar surface area (TPSA) is 64.6 Å². The number of fused-ring (bicyclic) bond motifs is 1. The van der Waals surface area contributed by atoms with Crippen molar-refractivity contribution in [2.75, 3.05) is 12.4 Å². The Morgan fingerprint density at radius 2 is 1.48 bits per heavy atom. The van der Waals surface area contributed by atoms with Crippen LogP contribution in [-0.4, -0.2) is 19.0 Å². The number of nitrogens with one attached hydrogen (secondary N) is 1. The second-order valence-corrected chi connectivity index (χ2v) is 7.24. The Hall–Kier alpha value is -3.64. The number of anilines is 1. The van der Waals surface area contributed by atoms with Crippen LogP contribution in [0.25, 0.3) is 10.1 Å². The van der Waals surface area contributed by atoms with Crippen LogP contribution in [0.5, 0.6) is 11.5 Å². The fourth-order valence-electron chi connectivity index (χ4n) is 2.91. The second kappa shape index (κ2) is 8.16. The van der Waals surface area contributed by atoms with Crippen LogP contribution in [0.3, 0.4) is 0 Å². The van der Waals surface area contributed by atoms with E-state index in [9.17, 15) is 9.59 Å². The van der Waals surface area contributed by atoms with Crippen LogP contribution < -0.4 is 10.1 Å². The molecule has 0 aliphatic rings. The van der Waals surface area contributed by atoms with Gasteiger partial charge in [-0.3, -0.25) is 4.79 Å². The monoisotopic (exact) mass is 403 g/mol. The van der Waals surface area contributed by atoms with E-state index in [0.29, 0.717) is 21.9 Å². The third-order valence-electron chi connectivity index (χ3n) is 4.31. The molecule has 1 aromatic heterocycles. The van der Waals surface area contributed by atoms with E-state index < -0.39 is 5.97 Å². The molecule has 1 heterocycles. The quantitative estimate of drug-likeness (QED) is 0.432. The van der Waals surface area contributed by atoms with Gasteiger partial charge in [0, 0.05) is 15.6 Å². The lowest BCUT2D eigenvalue weighted by atomic mass is 10.1. The first kappa shape index (κ1) is 18.7. The summed E-state index contributed by atoms with van der Waals surface area (Å²) in [5, 5.41) is 4.06.